The number of aliphatic hydroxyl groups is 1. The van der Waals surface area contributed by atoms with E-state index in [2.05, 4.69) is 31.2 Å². The van der Waals surface area contributed by atoms with E-state index in [9.17, 15) is 0 Å². The van der Waals surface area contributed by atoms with Crippen molar-refractivity contribution < 1.29 is 5.11 Å². The summed E-state index contributed by atoms with van der Waals surface area (Å²) in [6, 6.07) is 0. The van der Waals surface area contributed by atoms with Crippen molar-refractivity contribution >= 4 is 0 Å². The van der Waals surface area contributed by atoms with E-state index in [1.54, 1.807) is 0 Å². The fourth-order valence-corrected chi connectivity index (χ4v) is 1.94. The number of nitrogens with one attached hydrogen (secondary N) is 1. The molecule has 0 spiro atoms. The molecule has 0 aromatic carbocycles. The van der Waals surface area contributed by atoms with Gasteiger partial charge in [-0.15, -0.1) is 0 Å². The Morgan fingerprint density at radius 1 is 1.58 bits per heavy atom. The van der Waals surface area contributed by atoms with Crippen LogP contribution in [0, 0.1) is 5.92 Å². The molecule has 0 radical (unpaired) electrons. The van der Waals surface area contributed by atoms with Crippen molar-refractivity contribution in [1.29, 1.82) is 0 Å². The summed E-state index contributed by atoms with van der Waals surface area (Å²) in [6.07, 6.45) is 1.08. The fourth-order valence-electron chi connectivity index (χ4n) is 1.94. The standard InChI is InChI=1S/C9H20N2O/c1-9(7-12)4-8(5-10-9)6-11(2)3/h8,10,12H,4-7H2,1-3H3. The van der Waals surface area contributed by atoms with Crippen molar-refractivity contribution in [2.24, 2.45) is 5.92 Å². The molecule has 0 amide bonds. The third-order valence-corrected chi connectivity index (χ3v) is 2.53. The van der Waals surface area contributed by atoms with Crippen molar-refractivity contribution in [2.75, 3.05) is 33.8 Å². The van der Waals surface area contributed by atoms with Crippen LogP contribution in [0.25, 0.3) is 0 Å². The van der Waals surface area contributed by atoms with Gasteiger partial charge in [-0.05, 0) is 39.9 Å². The van der Waals surface area contributed by atoms with Crippen LogP contribution >= 0.6 is 0 Å². The number of rotatable bonds is 3. The Bertz CT molecular complexity index is 149. The summed E-state index contributed by atoms with van der Waals surface area (Å²) in [5.74, 6) is 0.692. The first-order valence-electron chi connectivity index (χ1n) is 4.56. The van der Waals surface area contributed by atoms with Gasteiger partial charge in [-0.25, -0.2) is 0 Å². The Balaban J connectivity index is 2.35. The number of hydrogen-bond acceptors (Lipinski definition) is 3. The van der Waals surface area contributed by atoms with Crippen LogP contribution in [-0.2, 0) is 0 Å². The molecule has 0 aliphatic carbocycles. The lowest BCUT2D eigenvalue weighted by Gasteiger charge is -2.21. The maximum atomic E-state index is 9.10. The van der Waals surface area contributed by atoms with Crippen LogP contribution in [-0.4, -0.2) is 49.3 Å². The molecule has 0 aromatic rings. The molecular weight excluding hydrogens is 152 g/mol. The first kappa shape index (κ1) is 9.96. The van der Waals surface area contributed by atoms with Gasteiger partial charge >= 0.3 is 0 Å². The molecule has 1 rings (SSSR count). The van der Waals surface area contributed by atoms with Gasteiger partial charge in [0.15, 0.2) is 0 Å². The lowest BCUT2D eigenvalue weighted by molar-refractivity contribution is 0.186. The van der Waals surface area contributed by atoms with Gasteiger partial charge in [0.05, 0.1) is 6.61 Å². The number of nitrogens with zero attached hydrogens (tertiary/aromatic N) is 1. The minimum Gasteiger partial charge on any atom is -0.394 e. The van der Waals surface area contributed by atoms with Crippen molar-refractivity contribution in [2.45, 2.75) is 18.9 Å². The summed E-state index contributed by atoms with van der Waals surface area (Å²) >= 11 is 0. The van der Waals surface area contributed by atoms with Gasteiger partial charge in [-0.3, -0.25) is 0 Å². The van der Waals surface area contributed by atoms with E-state index in [0.717, 1.165) is 19.5 Å². The second-order valence-corrected chi connectivity index (χ2v) is 4.43. The third-order valence-electron chi connectivity index (χ3n) is 2.53. The topological polar surface area (TPSA) is 35.5 Å². The molecule has 1 aliphatic heterocycles. The van der Waals surface area contributed by atoms with Crippen molar-refractivity contribution in [3.8, 4) is 0 Å². The monoisotopic (exact) mass is 172 g/mol. The normalized spacial score (nSPS) is 36.2. The number of aliphatic hydroxyl groups excluding tert-OH is 1. The summed E-state index contributed by atoms with van der Waals surface area (Å²) in [5.41, 5.74) is -0.0271. The highest BCUT2D eigenvalue weighted by Crippen LogP contribution is 2.23. The summed E-state index contributed by atoms with van der Waals surface area (Å²) in [7, 11) is 4.18. The average molecular weight is 172 g/mol. The predicted octanol–water partition coefficient (Wildman–Crippen LogP) is -0.0915. The maximum Gasteiger partial charge on any atom is 0.0610 e. The zero-order chi connectivity index (χ0) is 9.19. The average Bonchev–Trinajstić information content (AvgIpc) is 2.32. The van der Waals surface area contributed by atoms with E-state index in [-0.39, 0.29) is 12.1 Å². The lowest BCUT2D eigenvalue weighted by atomic mass is 9.95. The lowest BCUT2D eigenvalue weighted by Crippen LogP contribution is -2.39. The molecule has 1 saturated heterocycles. The molecule has 2 N–H and O–H groups in total. The van der Waals surface area contributed by atoms with Gasteiger partial charge < -0.3 is 15.3 Å². The van der Waals surface area contributed by atoms with Gasteiger partial charge in [-0.2, -0.15) is 0 Å². The van der Waals surface area contributed by atoms with Crippen LogP contribution in [0.3, 0.4) is 0 Å². The van der Waals surface area contributed by atoms with Gasteiger partial charge in [0.2, 0.25) is 0 Å². The van der Waals surface area contributed by atoms with Crippen LogP contribution in [0.15, 0.2) is 0 Å². The first-order valence-corrected chi connectivity index (χ1v) is 4.56. The van der Waals surface area contributed by atoms with Gasteiger partial charge in [0.25, 0.3) is 0 Å². The Hall–Kier alpha value is -0.120. The Morgan fingerprint density at radius 3 is 2.67 bits per heavy atom. The summed E-state index contributed by atoms with van der Waals surface area (Å²) in [5, 5.41) is 12.5. The Morgan fingerprint density at radius 2 is 2.25 bits per heavy atom. The molecule has 1 fully saturated rings. The zero-order valence-corrected chi connectivity index (χ0v) is 8.30. The molecular formula is C9H20N2O. The van der Waals surface area contributed by atoms with Crippen LogP contribution in [0.5, 0.6) is 0 Å². The summed E-state index contributed by atoms with van der Waals surface area (Å²) in [4.78, 5) is 2.20. The minimum absolute atomic E-state index is 0.0271. The van der Waals surface area contributed by atoms with E-state index in [1.165, 1.54) is 0 Å². The summed E-state index contributed by atoms with van der Waals surface area (Å²) in [6.45, 7) is 4.48. The SMILES string of the molecule is CN(C)CC1CNC(C)(CO)C1. The molecule has 0 bridgehead atoms. The second-order valence-electron chi connectivity index (χ2n) is 4.43. The van der Waals surface area contributed by atoms with E-state index >= 15 is 0 Å². The zero-order valence-electron chi connectivity index (χ0n) is 8.30. The Kier molecular flexibility index (Phi) is 3.09. The van der Waals surface area contributed by atoms with Crippen LogP contribution < -0.4 is 5.32 Å². The molecule has 1 aliphatic rings. The molecule has 3 nitrogen and oxygen atoms in total. The molecule has 2 atom stereocenters. The first-order chi connectivity index (χ1) is 5.56. The van der Waals surface area contributed by atoms with Crippen LogP contribution in [0.4, 0.5) is 0 Å². The maximum absolute atomic E-state index is 9.10. The molecule has 2 unspecified atom stereocenters. The molecule has 0 aromatic heterocycles. The fraction of sp³-hybridized carbons (Fsp3) is 1.00. The van der Waals surface area contributed by atoms with Crippen molar-refractivity contribution in [3.63, 3.8) is 0 Å². The predicted molar refractivity (Wildman–Crippen MR) is 50.2 cm³/mol. The Labute approximate surface area is 74.8 Å². The van der Waals surface area contributed by atoms with E-state index in [4.69, 9.17) is 5.11 Å². The van der Waals surface area contributed by atoms with Crippen LogP contribution in [0.2, 0.25) is 0 Å². The van der Waals surface area contributed by atoms with Gasteiger partial charge in [-0.1, -0.05) is 0 Å². The van der Waals surface area contributed by atoms with E-state index < -0.39 is 0 Å². The smallest absolute Gasteiger partial charge is 0.0610 e. The molecule has 3 heteroatoms. The van der Waals surface area contributed by atoms with Crippen LogP contribution in [0.1, 0.15) is 13.3 Å². The quantitative estimate of drug-likeness (QED) is 0.624. The van der Waals surface area contributed by atoms with Gasteiger partial charge in [0, 0.05) is 12.1 Å². The molecule has 12 heavy (non-hydrogen) atoms. The van der Waals surface area contributed by atoms with Gasteiger partial charge in [0.1, 0.15) is 0 Å². The highest BCUT2D eigenvalue weighted by atomic mass is 16.3. The largest absolute Gasteiger partial charge is 0.394 e. The van der Waals surface area contributed by atoms with E-state index in [0.29, 0.717) is 5.92 Å². The highest BCUT2D eigenvalue weighted by Gasteiger charge is 2.33. The summed E-state index contributed by atoms with van der Waals surface area (Å²) < 4.78 is 0. The molecule has 0 saturated carbocycles. The number of hydrogen-bond donors (Lipinski definition) is 2. The third kappa shape index (κ3) is 2.44. The van der Waals surface area contributed by atoms with Crippen molar-refractivity contribution in [3.05, 3.63) is 0 Å². The highest BCUT2D eigenvalue weighted by molar-refractivity contribution is 4.93. The second kappa shape index (κ2) is 3.73. The van der Waals surface area contributed by atoms with E-state index in [1.807, 2.05) is 0 Å². The van der Waals surface area contributed by atoms with Crippen molar-refractivity contribution in [1.82, 2.24) is 10.2 Å². The molecule has 72 valence electrons. The minimum atomic E-state index is -0.0271. The molecule has 1 heterocycles.